The number of anilines is 3. The van der Waals surface area contributed by atoms with E-state index in [2.05, 4.69) is 56.1 Å². The number of aliphatic hydroxyl groups excluding tert-OH is 1. The highest BCUT2D eigenvalue weighted by atomic mass is 32.1. The van der Waals surface area contributed by atoms with Gasteiger partial charge in [0.15, 0.2) is 5.13 Å². The van der Waals surface area contributed by atoms with Gasteiger partial charge in [0.25, 0.3) is 0 Å². The first-order valence-corrected chi connectivity index (χ1v) is 13.3. The van der Waals surface area contributed by atoms with Crippen molar-refractivity contribution in [3.8, 4) is 11.1 Å². The van der Waals surface area contributed by atoms with Crippen molar-refractivity contribution in [1.29, 1.82) is 0 Å². The van der Waals surface area contributed by atoms with Gasteiger partial charge in [0.2, 0.25) is 0 Å². The molecule has 182 valence electrons. The van der Waals surface area contributed by atoms with Gasteiger partial charge < -0.3 is 15.7 Å². The fourth-order valence-corrected chi connectivity index (χ4v) is 6.03. The van der Waals surface area contributed by atoms with Gasteiger partial charge >= 0.3 is 0 Å². The van der Waals surface area contributed by atoms with Gasteiger partial charge in [-0.1, -0.05) is 17.4 Å². The van der Waals surface area contributed by atoms with Gasteiger partial charge in [-0.05, 0) is 87.0 Å². The molecule has 0 spiro atoms. The Morgan fingerprint density at radius 1 is 1.00 bits per heavy atom. The molecule has 4 aromatic rings. The van der Waals surface area contributed by atoms with Crippen LogP contribution < -0.4 is 10.6 Å². The highest BCUT2D eigenvalue weighted by Crippen LogP contribution is 2.32. The molecule has 1 aliphatic heterocycles. The zero-order valence-corrected chi connectivity index (χ0v) is 20.5. The largest absolute Gasteiger partial charge is 0.393 e. The first-order valence-electron chi connectivity index (χ1n) is 12.5. The quantitative estimate of drug-likeness (QED) is 0.285. The van der Waals surface area contributed by atoms with Crippen LogP contribution in [0.1, 0.15) is 44.1 Å². The van der Waals surface area contributed by atoms with Crippen LogP contribution in [0.3, 0.4) is 0 Å². The summed E-state index contributed by atoms with van der Waals surface area (Å²) >= 11 is 1.63. The van der Waals surface area contributed by atoms with Gasteiger partial charge in [-0.15, -0.1) is 0 Å². The predicted molar refractivity (Wildman–Crippen MR) is 141 cm³/mol. The standard InChI is InChI=1S/C26H31N7OS/c34-21-6-4-20(5-7-21)29-24-11-17(16-33-9-1-2-10-33)12-25(31-24)32-26-30-22-8-3-18(13-23(22)35-26)19-14-27-28-15-19/h3,8,11-15,20-21,34H,1-2,4-7,9-10,16H2,(H,27,28)(H2,29,30,31,32)/t20-,21-. The zero-order valence-electron chi connectivity index (χ0n) is 19.7. The predicted octanol–water partition coefficient (Wildman–Crippen LogP) is 5.14. The number of likely N-dealkylation sites (tertiary alicyclic amines) is 1. The molecule has 4 N–H and O–H groups in total. The molecule has 0 amide bonds. The van der Waals surface area contributed by atoms with Crippen molar-refractivity contribution < 1.29 is 5.11 Å². The highest BCUT2D eigenvalue weighted by molar-refractivity contribution is 7.22. The average Bonchev–Trinajstić information content (AvgIpc) is 3.62. The van der Waals surface area contributed by atoms with Crippen molar-refractivity contribution in [3.05, 3.63) is 48.3 Å². The van der Waals surface area contributed by atoms with E-state index in [0.29, 0.717) is 6.04 Å². The van der Waals surface area contributed by atoms with Crippen LogP contribution >= 0.6 is 11.3 Å². The van der Waals surface area contributed by atoms with Crippen LogP contribution in [0.4, 0.5) is 16.8 Å². The van der Waals surface area contributed by atoms with Gasteiger partial charge in [0.1, 0.15) is 11.6 Å². The molecule has 9 heteroatoms. The smallest absolute Gasteiger partial charge is 0.189 e. The molecule has 0 bridgehead atoms. The Hall–Kier alpha value is -3.01. The van der Waals surface area contributed by atoms with Gasteiger partial charge in [-0.2, -0.15) is 5.10 Å². The Morgan fingerprint density at radius 3 is 2.63 bits per heavy atom. The molecule has 2 fully saturated rings. The Balaban J connectivity index is 1.25. The first-order chi connectivity index (χ1) is 17.2. The minimum Gasteiger partial charge on any atom is -0.393 e. The number of aromatic nitrogens is 4. The molecule has 1 saturated carbocycles. The van der Waals surface area contributed by atoms with Gasteiger partial charge in [0, 0.05) is 24.3 Å². The number of aromatic amines is 1. The first kappa shape index (κ1) is 22.5. The number of thiazole rings is 1. The molecule has 1 saturated heterocycles. The maximum Gasteiger partial charge on any atom is 0.189 e. The Morgan fingerprint density at radius 2 is 1.83 bits per heavy atom. The number of benzene rings is 1. The summed E-state index contributed by atoms with van der Waals surface area (Å²) < 4.78 is 1.12. The summed E-state index contributed by atoms with van der Waals surface area (Å²) in [7, 11) is 0. The van der Waals surface area contributed by atoms with Crippen molar-refractivity contribution in [3.63, 3.8) is 0 Å². The summed E-state index contributed by atoms with van der Waals surface area (Å²) in [5.74, 6) is 1.71. The third kappa shape index (κ3) is 5.32. The van der Waals surface area contributed by atoms with Crippen LogP contribution in [-0.2, 0) is 6.54 Å². The monoisotopic (exact) mass is 489 g/mol. The summed E-state index contributed by atoms with van der Waals surface area (Å²) in [4.78, 5) is 12.2. The number of pyridine rings is 1. The third-order valence-electron chi connectivity index (χ3n) is 6.99. The summed E-state index contributed by atoms with van der Waals surface area (Å²) in [5.41, 5.74) is 4.41. The van der Waals surface area contributed by atoms with E-state index in [1.807, 2.05) is 12.4 Å². The van der Waals surface area contributed by atoms with Crippen LogP contribution in [-0.4, -0.2) is 55.4 Å². The van der Waals surface area contributed by atoms with Crippen molar-refractivity contribution in [2.75, 3.05) is 23.7 Å². The second kappa shape index (κ2) is 9.93. The topological polar surface area (TPSA) is 102 Å². The van der Waals surface area contributed by atoms with Crippen LogP contribution in [0, 0.1) is 0 Å². The molecule has 0 radical (unpaired) electrons. The molecule has 1 aliphatic carbocycles. The van der Waals surface area contributed by atoms with Gasteiger partial charge in [-0.25, -0.2) is 9.97 Å². The number of nitrogens with zero attached hydrogens (tertiary/aromatic N) is 4. The number of rotatable bonds is 7. The zero-order chi connectivity index (χ0) is 23.6. The Bertz CT molecular complexity index is 1270. The molecule has 4 heterocycles. The summed E-state index contributed by atoms with van der Waals surface area (Å²) in [6, 6.07) is 11.0. The summed E-state index contributed by atoms with van der Waals surface area (Å²) in [6.07, 6.45) is 9.77. The van der Waals surface area contributed by atoms with Crippen LogP contribution in [0.5, 0.6) is 0 Å². The second-order valence-electron chi connectivity index (χ2n) is 9.69. The molecule has 8 nitrogen and oxygen atoms in total. The van der Waals surface area contributed by atoms with E-state index in [4.69, 9.17) is 9.97 Å². The fraction of sp³-hybridized carbons (Fsp3) is 0.423. The molecular formula is C26H31N7OS. The van der Waals surface area contributed by atoms with Crippen molar-refractivity contribution in [2.45, 2.75) is 57.2 Å². The number of hydrogen-bond acceptors (Lipinski definition) is 8. The second-order valence-corrected chi connectivity index (χ2v) is 10.7. The lowest BCUT2D eigenvalue weighted by Crippen LogP contribution is -2.28. The normalized spacial score (nSPS) is 20.9. The van der Waals surface area contributed by atoms with Gasteiger partial charge in [0.05, 0.1) is 22.5 Å². The maximum atomic E-state index is 9.87. The Kier molecular flexibility index (Phi) is 6.37. The van der Waals surface area contributed by atoms with E-state index in [9.17, 15) is 5.11 Å². The molecule has 0 unspecified atom stereocenters. The molecule has 2 aliphatic rings. The molecule has 1 aromatic carbocycles. The molecule has 35 heavy (non-hydrogen) atoms. The van der Waals surface area contributed by atoms with Crippen LogP contribution in [0.25, 0.3) is 21.3 Å². The molecular weight excluding hydrogens is 458 g/mol. The summed E-state index contributed by atoms with van der Waals surface area (Å²) in [5, 5.41) is 24.7. The minimum absolute atomic E-state index is 0.159. The third-order valence-corrected chi connectivity index (χ3v) is 7.93. The minimum atomic E-state index is -0.159. The van der Waals surface area contributed by atoms with E-state index >= 15 is 0 Å². The number of fused-ring (bicyclic) bond motifs is 1. The lowest BCUT2D eigenvalue weighted by molar-refractivity contribution is 0.126. The SMILES string of the molecule is O[C@H]1CC[C@H](Nc2cc(CN3CCCC3)cc(Nc3nc4ccc(-c5cn[nH]c5)cc4s3)n2)CC1. The van der Waals surface area contributed by atoms with E-state index in [-0.39, 0.29) is 6.10 Å². The van der Waals surface area contributed by atoms with E-state index < -0.39 is 0 Å². The van der Waals surface area contributed by atoms with Crippen molar-refractivity contribution >= 4 is 38.3 Å². The number of nitrogens with one attached hydrogen (secondary N) is 3. The molecule has 6 rings (SSSR count). The van der Waals surface area contributed by atoms with E-state index in [0.717, 1.165) is 83.4 Å². The maximum absolute atomic E-state index is 9.87. The molecule has 3 aromatic heterocycles. The van der Waals surface area contributed by atoms with Crippen molar-refractivity contribution in [1.82, 2.24) is 25.1 Å². The molecule has 0 atom stereocenters. The number of aliphatic hydroxyl groups is 1. The van der Waals surface area contributed by atoms with E-state index in [1.54, 1.807) is 11.3 Å². The fourth-order valence-electron chi connectivity index (χ4n) is 5.12. The van der Waals surface area contributed by atoms with Crippen molar-refractivity contribution in [2.24, 2.45) is 0 Å². The lowest BCUT2D eigenvalue weighted by atomic mass is 9.93. The van der Waals surface area contributed by atoms with E-state index in [1.165, 1.54) is 18.4 Å². The van der Waals surface area contributed by atoms with Gasteiger partial charge in [-0.3, -0.25) is 10.00 Å². The average molecular weight is 490 g/mol. The highest BCUT2D eigenvalue weighted by Gasteiger charge is 2.20. The number of H-pyrrole nitrogens is 1. The number of hydrogen-bond donors (Lipinski definition) is 4. The Labute approximate surface area is 208 Å². The lowest BCUT2D eigenvalue weighted by Gasteiger charge is -2.27. The summed E-state index contributed by atoms with van der Waals surface area (Å²) in [6.45, 7) is 3.25. The van der Waals surface area contributed by atoms with Crippen LogP contribution in [0.15, 0.2) is 42.7 Å². The van der Waals surface area contributed by atoms with Crippen LogP contribution in [0.2, 0.25) is 0 Å².